The number of aromatic nitrogens is 1. The van der Waals surface area contributed by atoms with Crippen molar-refractivity contribution in [3.8, 4) is 0 Å². The van der Waals surface area contributed by atoms with Crippen molar-refractivity contribution in [3.63, 3.8) is 0 Å². The maximum Gasteiger partial charge on any atom is 0.233 e. The molecule has 3 heterocycles. The third-order valence-electron chi connectivity index (χ3n) is 6.42. The van der Waals surface area contributed by atoms with Crippen molar-refractivity contribution in [2.45, 2.75) is 25.2 Å². The second-order valence-corrected chi connectivity index (χ2v) is 8.17. The van der Waals surface area contributed by atoms with Gasteiger partial charge in [-0.15, -0.1) is 0 Å². The predicted molar refractivity (Wildman–Crippen MR) is 113 cm³/mol. The van der Waals surface area contributed by atoms with E-state index in [4.69, 9.17) is 0 Å². The van der Waals surface area contributed by atoms with Crippen LogP contribution in [0.2, 0.25) is 0 Å². The number of anilines is 1. The molecule has 0 unspecified atom stereocenters. The summed E-state index contributed by atoms with van der Waals surface area (Å²) in [5, 5.41) is 0. The minimum Gasteiger partial charge on any atom is -0.353 e. The minimum absolute atomic E-state index is 0.309. The molecular weight excluding hydrogens is 348 g/mol. The van der Waals surface area contributed by atoms with Gasteiger partial charge < -0.3 is 14.7 Å². The van der Waals surface area contributed by atoms with E-state index in [1.54, 1.807) is 0 Å². The van der Waals surface area contributed by atoms with Crippen molar-refractivity contribution < 1.29 is 4.79 Å². The van der Waals surface area contributed by atoms with E-state index in [2.05, 4.69) is 64.0 Å². The van der Waals surface area contributed by atoms with Crippen molar-refractivity contribution >= 4 is 11.7 Å². The Morgan fingerprint density at radius 3 is 2.25 bits per heavy atom. The molecule has 2 aliphatic rings. The van der Waals surface area contributed by atoms with Gasteiger partial charge in [-0.3, -0.25) is 4.79 Å². The maximum atomic E-state index is 13.8. The van der Waals surface area contributed by atoms with Crippen LogP contribution in [0.3, 0.4) is 0 Å². The molecule has 148 valence electrons. The first-order valence-corrected chi connectivity index (χ1v) is 10.3. The lowest BCUT2D eigenvalue weighted by atomic mass is 9.71. The molecule has 1 aromatic carbocycles. The lowest BCUT2D eigenvalue weighted by molar-refractivity contribution is -0.139. The number of nitrogens with zero attached hydrogens (tertiary/aromatic N) is 4. The Bertz CT molecular complexity index is 806. The zero-order valence-corrected chi connectivity index (χ0v) is 17.0. The molecule has 5 heteroatoms. The van der Waals surface area contributed by atoms with Crippen LogP contribution in [-0.4, -0.2) is 67.0 Å². The molecule has 0 spiro atoms. The van der Waals surface area contributed by atoms with Crippen LogP contribution in [0.15, 0.2) is 48.7 Å². The fourth-order valence-electron chi connectivity index (χ4n) is 4.62. The Hall–Kier alpha value is -2.40. The molecule has 0 radical (unpaired) electrons. The summed E-state index contributed by atoms with van der Waals surface area (Å²) < 4.78 is 0. The highest BCUT2D eigenvalue weighted by Gasteiger charge is 2.45. The Morgan fingerprint density at radius 2 is 1.61 bits per heavy atom. The Morgan fingerprint density at radius 1 is 0.929 bits per heavy atom. The first-order chi connectivity index (χ1) is 13.6. The van der Waals surface area contributed by atoms with E-state index < -0.39 is 0 Å². The highest BCUT2D eigenvalue weighted by Crippen LogP contribution is 2.37. The van der Waals surface area contributed by atoms with Crippen molar-refractivity contribution in [2.24, 2.45) is 0 Å². The molecule has 1 aromatic heterocycles. The summed E-state index contributed by atoms with van der Waals surface area (Å²) in [6.07, 6.45) is 3.64. The van der Waals surface area contributed by atoms with Crippen molar-refractivity contribution in [2.75, 3.05) is 51.2 Å². The molecule has 0 aliphatic carbocycles. The third-order valence-corrected chi connectivity index (χ3v) is 6.42. The van der Waals surface area contributed by atoms with E-state index in [0.717, 1.165) is 57.9 Å². The van der Waals surface area contributed by atoms with Crippen molar-refractivity contribution in [1.29, 1.82) is 0 Å². The summed E-state index contributed by atoms with van der Waals surface area (Å²) in [5.74, 6) is 1.36. The largest absolute Gasteiger partial charge is 0.353 e. The smallest absolute Gasteiger partial charge is 0.233 e. The van der Waals surface area contributed by atoms with Crippen LogP contribution >= 0.6 is 0 Å². The molecule has 2 saturated heterocycles. The van der Waals surface area contributed by atoms with Gasteiger partial charge in [0.05, 0.1) is 5.41 Å². The molecule has 2 fully saturated rings. The van der Waals surface area contributed by atoms with E-state index in [1.807, 2.05) is 18.3 Å². The van der Waals surface area contributed by atoms with E-state index in [9.17, 15) is 4.79 Å². The summed E-state index contributed by atoms with van der Waals surface area (Å²) >= 11 is 0. The number of hydrogen-bond donors (Lipinski definition) is 0. The fraction of sp³-hybridized carbons (Fsp3) is 0.478. The molecular formula is C23H30N4O. The standard InChI is InChI=1S/C23H30N4O/c1-19-7-6-12-24-21(19)26-15-17-27(18-16-26)22(28)23(10-13-25(2)14-11-23)20-8-4-3-5-9-20/h3-9,12H,10-11,13-18H2,1-2H3. The Labute approximate surface area is 168 Å². The summed E-state index contributed by atoms with van der Waals surface area (Å²) in [4.78, 5) is 25.0. The van der Waals surface area contributed by atoms with Gasteiger partial charge in [0, 0.05) is 32.4 Å². The summed E-state index contributed by atoms with van der Waals surface area (Å²) in [5.41, 5.74) is 1.99. The van der Waals surface area contributed by atoms with E-state index in [-0.39, 0.29) is 5.41 Å². The maximum absolute atomic E-state index is 13.8. The molecule has 2 aliphatic heterocycles. The molecule has 1 amide bonds. The zero-order chi connectivity index (χ0) is 19.6. The fourth-order valence-corrected chi connectivity index (χ4v) is 4.62. The highest BCUT2D eigenvalue weighted by molar-refractivity contribution is 5.88. The van der Waals surface area contributed by atoms with Gasteiger partial charge >= 0.3 is 0 Å². The Balaban J connectivity index is 1.52. The summed E-state index contributed by atoms with van der Waals surface area (Å²) in [6.45, 7) is 7.24. The van der Waals surface area contributed by atoms with Crippen LogP contribution in [-0.2, 0) is 10.2 Å². The van der Waals surface area contributed by atoms with Gasteiger partial charge in [0.25, 0.3) is 0 Å². The quantitative estimate of drug-likeness (QED) is 0.823. The number of likely N-dealkylation sites (tertiary alicyclic amines) is 1. The van der Waals surface area contributed by atoms with Gasteiger partial charge in [-0.1, -0.05) is 36.4 Å². The number of aryl methyl sites for hydroxylation is 1. The van der Waals surface area contributed by atoms with Crippen LogP contribution in [0.4, 0.5) is 5.82 Å². The van der Waals surface area contributed by atoms with Crippen molar-refractivity contribution in [1.82, 2.24) is 14.8 Å². The number of hydrogen-bond acceptors (Lipinski definition) is 4. The van der Waals surface area contributed by atoms with E-state index in [0.29, 0.717) is 5.91 Å². The molecule has 0 N–H and O–H groups in total. The van der Waals surface area contributed by atoms with Crippen molar-refractivity contribution in [3.05, 3.63) is 59.8 Å². The lowest BCUT2D eigenvalue weighted by Crippen LogP contribution is -2.57. The number of piperidine rings is 1. The first-order valence-electron chi connectivity index (χ1n) is 10.3. The minimum atomic E-state index is -0.378. The molecule has 0 atom stereocenters. The number of piperazine rings is 1. The number of rotatable bonds is 3. The number of benzene rings is 1. The molecule has 0 bridgehead atoms. The van der Waals surface area contributed by atoms with Crippen LogP contribution in [0, 0.1) is 6.92 Å². The van der Waals surface area contributed by atoms with Crippen LogP contribution < -0.4 is 4.90 Å². The molecule has 5 nitrogen and oxygen atoms in total. The second-order valence-electron chi connectivity index (χ2n) is 8.17. The van der Waals surface area contributed by atoms with Gasteiger partial charge in [0.1, 0.15) is 5.82 Å². The van der Waals surface area contributed by atoms with Gasteiger partial charge in [0.15, 0.2) is 0 Å². The van der Waals surface area contributed by atoms with Gasteiger partial charge in [-0.05, 0) is 57.1 Å². The third kappa shape index (κ3) is 3.51. The zero-order valence-electron chi connectivity index (χ0n) is 17.0. The average molecular weight is 379 g/mol. The van der Waals surface area contributed by atoms with E-state index >= 15 is 0 Å². The number of amides is 1. The topological polar surface area (TPSA) is 39.7 Å². The Kier molecular flexibility index (Phi) is 5.36. The lowest BCUT2D eigenvalue weighted by Gasteiger charge is -2.45. The van der Waals surface area contributed by atoms with Gasteiger partial charge in [-0.2, -0.15) is 0 Å². The summed E-state index contributed by atoms with van der Waals surface area (Å²) in [7, 11) is 2.15. The SMILES string of the molecule is Cc1cccnc1N1CCN(C(=O)C2(c3ccccc3)CCN(C)CC2)CC1. The normalized spacial score (nSPS) is 20.2. The summed E-state index contributed by atoms with van der Waals surface area (Å²) in [6, 6.07) is 14.5. The number of carbonyl (C=O) groups is 1. The first kappa shape index (κ1) is 18.9. The van der Waals surface area contributed by atoms with Gasteiger partial charge in [0.2, 0.25) is 5.91 Å². The number of pyridine rings is 1. The van der Waals surface area contributed by atoms with E-state index in [1.165, 1.54) is 11.1 Å². The monoisotopic (exact) mass is 378 g/mol. The van der Waals surface area contributed by atoms with Crippen LogP contribution in [0.1, 0.15) is 24.0 Å². The predicted octanol–water partition coefficient (Wildman–Crippen LogP) is 2.70. The molecule has 2 aromatic rings. The average Bonchev–Trinajstić information content (AvgIpc) is 2.75. The van der Waals surface area contributed by atoms with Gasteiger partial charge in [-0.25, -0.2) is 4.98 Å². The number of carbonyl (C=O) groups excluding carboxylic acids is 1. The second kappa shape index (κ2) is 7.92. The van der Waals surface area contributed by atoms with Crippen LogP contribution in [0.5, 0.6) is 0 Å². The highest BCUT2D eigenvalue weighted by atomic mass is 16.2. The molecule has 0 saturated carbocycles. The molecule has 28 heavy (non-hydrogen) atoms. The molecule has 4 rings (SSSR count). The van der Waals surface area contributed by atoms with Crippen LogP contribution in [0.25, 0.3) is 0 Å².